The third-order valence-electron chi connectivity index (χ3n) is 1.50. The van der Waals surface area contributed by atoms with Crippen LogP contribution in [0.5, 0.6) is 0 Å². The molecule has 9 N–H and O–H groups in total. The number of carboxylic acids is 1. The number of hydrogen-bond donors (Lipinski definition) is 6. The second kappa shape index (κ2) is 10.4. The van der Waals surface area contributed by atoms with E-state index in [-0.39, 0.29) is 18.9 Å². The molecule has 1 atom stereocenters. The Bertz CT molecular complexity index is 337. The molecule has 0 aromatic carbocycles. The number of hydrazine groups is 1. The molecule has 19 heavy (non-hydrogen) atoms. The first kappa shape index (κ1) is 18.6. The lowest BCUT2D eigenvalue weighted by Crippen LogP contribution is -2.40. The van der Waals surface area contributed by atoms with Gasteiger partial charge >= 0.3 is 12.1 Å². The zero-order valence-corrected chi connectivity index (χ0v) is 9.85. The number of nitrogens with one attached hydrogen (secondary N) is 1. The number of primary amides is 1. The van der Waals surface area contributed by atoms with E-state index in [2.05, 4.69) is 10.7 Å². The molecule has 0 heterocycles. The van der Waals surface area contributed by atoms with E-state index in [1.165, 1.54) is 0 Å². The maximum atomic E-state index is 10.5. The van der Waals surface area contributed by atoms with E-state index in [1.54, 1.807) is 5.43 Å². The SMILES string of the molecule is NC(=O)O.NC(N)=NCCC[C@H](N[N+](=O)[O-])C(=O)O. The van der Waals surface area contributed by atoms with Crippen LogP contribution >= 0.6 is 0 Å². The lowest BCUT2D eigenvalue weighted by molar-refractivity contribution is -0.549. The number of amides is 1. The first-order valence-corrected chi connectivity index (χ1v) is 4.84. The van der Waals surface area contributed by atoms with Crippen LogP contribution in [0.25, 0.3) is 0 Å². The Morgan fingerprint density at radius 2 is 1.79 bits per heavy atom. The van der Waals surface area contributed by atoms with Gasteiger partial charge in [-0.05, 0) is 12.8 Å². The fraction of sp³-hybridized carbons (Fsp3) is 0.571. The summed E-state index contributed by atoms with van der Waals surface area (Å²) in [5.41, 5.74) is 15.8. The maximum Gasteiger partial charge on any atom is 0.402 e. The number of hydrogen-bond acceptors (Lipinski definition) is 5. The molecule has 0 fully saturated rings. The van der Waals surface area contributed by atoms with E-state index >= 15 is 0 Å². The molecular formula is C7H16N6O6. The smallest absolute Gasteiger partial charge is 0.402 e. The fourth-order valence-electron chi connectivity index (χ4n) is 0.874. The Kier molecular flexibility index (Phi) is 10.1. The van der Waals surface area contributed by atoms with Crippen molar-refractivity contribution in [2.45, 2.75) is 18.9 Å². The summed E-state index contributed by atoms with van der Waals surface area (Å²) in [6, 6.07) is -1.23. The number of nitro groups is 1. The molecule has 110 valence electrons. The van der Waals surface area contributed by atoms with Gasteiger partial charge in [0.2, 0.25) is 0 Å². The lowest BCUT2D eigenvalue weighted by Gasteiger charge is -2.07. The first-order valence-electron chi connectivity index (χ1n) is 4.84. The van der Waals surface area contributed by atoms with Gasteiger partial charge in [0.25, 0.3) is 0 Å². The number of carbonyl (C=O) groups is 2. The lowest BCUT2D eigenvalue weighted by atomic mass is 10.2. The fourth-order valence-corrected chi connectivity index (χ4v) is 0.874. The summed E-state index contributed by atoms with van der Waals surface area (Å²) in [5.74, 6) is -1.37. The van der Waals surface area contributed by atoms with Crippen molar-refractivity contribution < 1.29 is 24.8 Å². The third kappa shape index (κ3) is 17.8. The van der Waals surface area contributed by atoms with E-state index in [9.17, 15) is 14.9 Å². The van der Waals surface area contributed by atoms with E-state index in [1.807, 2.05) is 0 Å². The van der Waals surface area contributed by atoms with Crippen molar-refractivity contribution in [2.24, 2.45) is 22.2 Å². The van der Waals surface area contributed by atoms with Crippen LogP contribution in [0.15, 0.2) is 4.99 Å². The van der Waals surface area contributed by atoms with Crippen molar-refractivity contribution >= 4 is 18.0 Å². The van der Waals surface area contributed by atoms with Crippen LogP contribution in [0.1, 0.15) is 12.8 Å². The van der Waals surface area contributed by atoms with Crippen LogP contribution in [-0.4, -0.2) is 45.9 Å². The number of carboxylic acid groups (broad SMARTS) is 2. The molecule has 0 aliphatic carbocycles. The molecule has 0 saturated carbocycles. The summed E-state index contributed by atoms with van der Waals surface area (Å²) >= 11 is 0. The Balaban J connectivity index is 0. The number of guanidine groups is 1. The highest BCUT2D eigenvalue weighted by atomic mass is 16.7. The standard InChI is InChI=1S/C6H13N5O4.CH3NO2/c7-6(8)9-3-1-2-4(5(12)13)10-11(14)15;2-1(3)4/h4,10H,1-3H2,(H,12,13)(H4,7,8,9);2H2,(H,3,4)/t4-;/m0./s1. The minimum atomic E-state index is -1.33. The minimum absolute atomic E-state index is 0.0765. The van der Waals surface area contributed by atoms with Gasteiger partial charge in [-0.25, -0.2) is 19.7 Å². The highest BCUT2D eigenvalue weighted by molar-refractivity contribution is 5.75. The molecule has 0 aliphatic rings. The monoisotopic (exact) mass is 280 g/mol. The normalized spacial score (nSPS) is 10.3. The van der Waals surface area contributed by atoms with E-state index in [4.69, 9.17) is 26.5 Å². The summed E-state index contributed by atoms with van der Waals surface area (Å²) in [6.45, 7) is 0.242. The molecule has 0 aromatic rings. The van der Waals surface area contributed by atoms with Gasteiger partial charge in [-0.2, -0.15) is 0 Å². The van der Waals surface area contributed by atoms with Gasteiger partial charge < -0.3 is 27.4 Å². The molecular weight excluding hydrogens is 264 g/mol. The predicted molar refractivity (Wildman–Crippen MR) is 63.7 cm³/mol. The highest BCUT2D eigenvalue weighted by Gasteiger charge is 2.20. The molecule has 0 aromatic heterocycles. The zero-order chi connectivity index (χ0) is 15.4. The number of rotatable bonds is 7. The molecule has 0 aliphatic heterocycles. The molecule has 12 nitrogen and oxygen atoms in total. The molecule has 0 saturated heterocycles. The Morgan fingerprint density at radius 3 is 2.11 bits per heavy atom. The summed E-state index contributed by atoms with van der Waals surface area (Å²) < 4.78 is 0. The number of nitrogens with zero attached hydrogens (tertiary/aromatic N) is 2. The van der Waals surface area contributed by atoms with Gasteiger partial charge in [0.1, 0.15) is 0 Å². The van der Waals surface area contributed by atoms with Crippen LogP contribution in [0, 0.1) is 10.1 Å². The van der Waals surface area contributed by atoms with Crippen molar-refractivity contribution in [1.82, 2.24) is 5.43 Å². The number of aliphatic carboxylic acids is 1. The molecule has 0 bridgehead atoms. The Morgan fingerprint density at radius 1 is 1.32 bits per heavy atom. The van der Waals surface area contributed by atoms with Gasteiger partial charge in [0, 0.05) is 6.54 Å². The Labute approximate surface area is 107 Å². The second-order valence-electron chi connectivity index (χ2n) is 3.06. The topological polar surface area (TPSA) is 220 Å². The summed E-state index contributed by atoms with van der Waals surface area (Å²) in [7, 11) is 0. The quantitative estimate of drug-likeness (QED) is 0.0985. The van der Waals surface area contributed by atoms with Crippen molar-refractivity contribution in [3.8, 4) is 0 Å². The first-order chi connectivity index (χ1) is 8.66. The molecule has 0 unspecified atom stereocenters. The van der Waals surface area contributed by atoms with Crippen LogP contribution in [-0.2, 0) is 4.79 Å². The average Bonchev–Trinajstić information content (AvgIpc) is 2.20. The van der Waals surface area contributed by atoms with Crippen LogP contribution in [0.2, 0.25) is 0 Å². The second-order valence-corrected chi connectivity index (χ2v) is 3.06. The molecule has 1 amide bonds. The van der Waals surface area contributed by atoms with Crippen LogP contribution < -0.4 is 22.6 Å². The van der Waals surface area contributed by atoms with Crippen LogP contribution in [0.4, 0.5) is 4.79 Å². The van der Waals surface area contributed by atoms with E-state index in [0.717, 1.165) is 0 Å². The van der Waals surface area contributed by atoms with E-state index < -0.39 is 23.1 Å². The minimum Gasteiger partial charge on any atom is -0.480 e. The molecule has 12 heteroatoms. The van der Waals surface area contributed by atoms with Gasteiger partial charge in [-0.1, -0.05) is 0 Å². The largest absolute Gasteiger partial charge is 0.480 e. The van der Waals surface area contributed by atoms with Crippen molar-refractivity contribution in [2.75, 3.05) is 6.54 Å². The summed E-state index contributed by atoms with van der Waals surface area (Å²) in [5, 5.41) is 24.9. The van der Waals surface area contributed by atoms with E-state index in [0.29, 0.717) is 6.42 Å². The molecule has 0 rings (SSSR count). The number of nitrogens with two attached hydrogens (primary N) is 3. The third-order valence-corrected chi connectivity index (χ3v) is 1.50. The van der Waals surface area contributed by atoms with Crippen molar-refractivity contribution in [3.63, 3.8) is 0 Å². The molecule has 0 radical (unpaired) electrons. The zero-order valence-electron chi connectivity index (χ0n) is 9.85. The molecule has 0 spiro atoms. The van der Waals surface area contributed by atoms with Gasteiger partial charge in [-0.3, -0.25) is 4.99 Å². The maximum absolute atomic E-state index is 10.5. The van der Waals surface area contributed by atoms with Gasteiger partial charge in [0.05, 0.1) is 0 Å². The predicted octanol–water partition coefficient (Wildman–Crippen LogP) is -2.10. The van der Waals surface area contributed by atoms with Gasteiger partial charge in [0.15, 0.2) is 17.0 Å². The summed E-state index contributed by atoms with van der Waals surface area (Å²) in [6.07, 6.45) is -0.914. The number of aliphatic imine (C=N–C) groups is 1. The highest BCUT2D eigenvalue weighted by Crippen LogP contribution is 1.98. The summed E-state index contributed by atoms with van der Waals surface area (Å²) in [4.78, 5) is 32.9. The van der Waals surface area contributed by atoms with Crippen LogP contribution in [0.3, 0.4) is 0 Å². The van der Waals surface area contributed by atoms with Gasteiger partial charge in [-0.15, -0.1) is 5.43 Å². The Hall–Kier alpha value is -2.79. The average molecular weight is 280 g/mol. The van der Waals surface area contributed by atoms with Crippen molar-refractivity contribution in [1.29, 1.82) is 0 Å². The van der Waals surface area contributed by atoms with Crippen molar-refractivity contribution in [3.05, 3.63) is 10.1 Å².